The average Bonchev–Trinajstić information content (AvgIpc) is 3.06. The Hall–Kier alpha value is -0.520. The van der Waals surface area contributed by atoms with Gasteiger partial charge in [0.05, 0.1) is 0 Å². The number of allylic oxidation sites excluding steroid dienone is 3. The van der Waals surface area contributed by atoms with Crippen molar-refractivity contribution < 1.29 is 0 Å². The summed E-state index contributed by atoms with van der Waals surface area (Å²) in [5, 5.41) is 0. The van der Waals surface area contributed by atoms with E-state index >= 15 is 0 Å². The third-order valence-corrected chi connectivity index (χ3v) is 11.2. The van der Waals surface area contributed by atoms with E-state index in [1.807, 2.05) is 5.57 Å². The van der Waals surface area contributed by atoms with Gasteiger partial charge in [0.1, 0.15) is 0 Å². The van der Waals surface area contributed by atoms with Gasteiger partial charge in [0.15, 0.2) is 0 Å². The Morgan fingerprint density at radius 1 is 0.967 bits per heavy atom. The highest BCUT2D eigenvalue weighted by Crippen LogP contribution is 2.68. The molecule has 4 aliphatic carbocycles. The van der Waals surface area contributed by atoms with E-state index in [0.717, 1.165) is 23.7 Å². The summed E-state index contributed by atoms with van der Waals surface area (Å²) in [6.07, 6.45) is 22.5. The lowest BCUT2D eigenvalue weighted by molar-refractivity contribution is -0.0444. The second-order valence-electron chi connectivity index (χ2n) is 12.5. The zero-order valence-electron chi connectivity index (χ0n) is 21.0. The first-order valence-corrected chi connectivity index (χ1v) is 13.7. The molecule has 0 aliphatic heterocycles. The van der Waals surface area contributed by atoms with Gasteiger partial charge in [0.25, 0.3) is 0 Å². The number of hydrogen-bond donors (Lipinski definition) is 0. The predicted molar refractivity (Wildman–Crippen MR) is 131 cm³/mol. The first-order valence-electron chi connectivity index (χ1n) is 13.7. The smallest absolute Gasteiger partial charge is 0.00851 e. The van der Waals surface area contributed by atoms with Gasteiger partial charge in [-0.1, -0.05) is 71.3 Å². The van der Waals surface area contributed by atoms with Crippen LogP contribution in [0.2, 0.25) is 0 Å². The first-order chi connectivity index (χ1) is 14.3. The molecule has 0 aromatic rings. The number of hydrogen-bond acceptors (Lipinski definition) is 0. The van der Waals surface area contributed by atoms with Crippen LogP contribution in [-0.2, 0) is 0 Å². The average molecular weight is 411 g/mol. The van der Waals surface area contributed by atoms with Crippen LogP contribution in [-0.4, -0.2) is 0 Å². The lowest BCUT2D eigenvalue weighted by Crippen LogP contribution is -2.49. The molecule has 0 nitrogen and oxygen atoms in total. The van der Waals surface area contributed by atoms with Gasteiger partial charge in [0.2, 0.25) is 0 Å². The standard InChI is InChI=1S/C30H50/c1-7-10-22(4)25-13-14-27-24-12-11-23-15-18-28(5,17-8-2)20-21-29(23,6)26(24)16-19-30(25,27)9-3/h11,24-27H,4,7-10,12-21H2,1-3,5-6H3/t24?,25?,26?,27?,28-,29?,30?/m0/s1. The molecule has 30 heavy (non-hydrogen) atoms. The molecule has 0 saturated heterocycles. The Labute approximate surface area is 188 Å². The van der Waals surface area contributed by atoms with E-state index in [-0.39, 0.29) is 0 Å². The van der Waals surface area contributed by atoms with E-state index in [1.165, 1.54) is 89.9 Å². The Morgan fingerprint density at radius 3 is 2.47 bits per heavy atom. The van der Waals surface area contributed by atoms with Crippen LogP contribution < -0.4 is 0 Å². The van der Waals surface area contributed by atoms with Gasteiger partial charge >= 0.3 is 0 Å². The molecule has 0 aromatic carbocycles. The quantitative estimate of drug-likeness (QED) is 0.382. The lowest BCUT2D eigenvalue weighted by atomic mass is 9.47. The van der Waals surface area contributed by atoms with E-state index < -0.39 is 0 Å². The Morgan fingerprint density at radius 2 is 1.77 bits per heavy atom. The zero-order valence-corrected chi connectivity index (χ0v) is 21.0. The minimum atomic E-state index is 0.493. The minimum Gasteiger partial charge on any atom is -0.0996 e. The summed E-state index contributed by atoms with van der Waals surface area (Å²) in [6, 6.07) is 0. The summed E-state index contributed by atoms with van der Waals surface area (Å²) >= 11 is 0. The molecular formula is C30H50. The van der Waals surface area contributed by atoms with Gasteiger partial charge in [-0.05, 0) is 117 Å². The van der Waals surface area contributed by atoms with E-state index in [0.29, 0.717) is 16.2 Å². The second-order valence-corrected chi connectivity index (χ2v) is 12.5. The van der Waals surface area contributed by atoms with Crippen molar-refractivity contribution >= 4 is 0 Å². The summed E-state index contributed by atoms with van der Waals surface area (Å²) in [5.74, 6) is 3.67. The molecule has 170 valence electrons. The van der Waals surface area contributed by atoms with Crippen LogP contribution in [0.3, 0.4) is 0 Å². The van der Waals surface area contributed by atoms with Gasteiger partial charge in [-0.3, -0.25) is 0 Å². The molecule has 0 aromatic heterocycles. The van der Waals surface area contributed by atoms with Crippen LogP contribution in [0.4, 0.5) is 0 Å². The molecule has 0 heteroatoms. The largest absolute Gasteiger partial charge is 0.0996 e. The molecule has 0 heterocycles. The van der Waals surface area contributed by atoms with Crippen molar-refractivity contribution in [1.82, 2.24) is 0 Å². The lowest BCUT2D eigenvalue weighted by Gasteiger charge is -2.57. The maximum Gasteiger partial charge on any atom is -0.00851 e. The van der Waals surface area contributed by atoms with Crippen LogP contribution in [0.25, 0.3) is 0 Å². The van der Waals surface area contributed by atoms with Gasteiger partial charge in [0, 0.05) is 0 Å². The van der Waals surface area contributed by atoms with Crippen LogP contribution in [0.1, 0.15) is 125 Å². The third-order valence-electron chi connectivity index (χ3n) is 11.2. The summed E-state index contributed by atoms with van der Waals surface area (Å²) in [7, 11) is 0. The Balaban J connectivity index is 1.60. The van der Waals surface area contributed by atoms with Crippen molar-refractivity contribution in [3.63, 3.8) is 0 Å². The third kappa shape index (κ3) is 3.47. The van der Waals surface area contributed by atoms with E-state index in [9.17, 15) is 0 Å². The highest BCUT2D eigenvalue weighted by atomic mass is 14.6. The van der Waals surface area contributed by atoms with E-state index in [1.54, 1.807) is 5.57 Å². The molecular weight excluding hydrogens is 360 g/mol. The molecule has 4 aliphatic rings. The molecule has 7 atom stereocenters. The van der Waals surface area contributed by atoms with Crippen LogP contribution in [0.15, 0.2) is 23.8 Å². The van der Waals surface area contributed by atoms with Crippen molar-refractivity contribution in [3.8, 4) is 0 Å². The van der Waals surface area contributed by atoms with Gasteiger partial charge in [-0.2, -0.15) is 0 Å². The summed E-state index contributed by atoms with van der Waals surface area (Å²) in [4.78, 5) is 0. The van der Waals surface area contributed by atoms with Gasteiger partial charge in [-0.25, -0.2) is 0 Å². The van der Waals surface area contributed by atoms with Gasteiger partial charge in [-0.15, -0.1) is 0 Å². The van der Waals surface area contributed by atoms with E-state index in [4.69, 9.17) is 0 Å². The van der Waals surface area contributed by atoms with Crippen LogP contribution in [0, 0.1) is 39.9 Å². The fourth-order valence-electron chi connectivity index (χ4n) is 9.47. The Kier molecular flexibility index (Phi) is 6.38. The van der Waals surface area contributed by atoms with Crippen molar-refractivity contribution in [3.05, 3.63) is 23.8 Å². The van der Waals surface area contributed by atoms with Crippen molar-refractivity contribution in [2.75, 3.05) is 0 Å². The molecule has 3 fully saturated rings. The normalized spacial score (nSPS) is 45.7. The SMILES string of the molecule is C=C(CCC)C1CCC2C3CC=C4CC[C@](C)(CCC)CCC4(C)C3CCC12CC. The van der Waals surface area contributed by atoms with Crippen LogP contribution in [0.5, 0.6) is 0 Å². The molecule has 6 unspecified atom stereocenters. The van der Waals surface area contributed by atoms with E-state index in [2.05, 4.69) is 47.3 Å². The molecule has 0 bridgehead atoms. The molecule has 0 spiro atoms. The molecule has 0 amide bonds. The van der Waals surface area contributed by atoms with Crippen molar-refractivity contribution in [1.29, 1.82) is 0 Å². The molecule has 4 rings (SSSR count). The molecule has 3 saturated carbocycles. The first kappa shape index (κ1) is 22.7. The minimum absolute atomic E-state index is 0.493. The maximum absolute atomic E-state index is 4.63. The van der Waals surface area contributed by atoms with Crippen molar-refractivity contribution in [2.24, 2.45) is 39.9 Å². The highest BCUT2D eigenvalue weighted by molar-refractivity contribution is 5.26. The zero-order chi connectivity index (χ0) is 21.6. The number of fused-ring (bicyclic) bond motifs is 5. The summed E-state index contributed by atoms with van der Waals surface area (Å²) < 4.78 is 0. The van der Waals surface area contributed by atoms with Crippen LogP contribution >= 0.6 is 0 Å². The summed E-state index contributed by atoms with van der Waals surface area (Å²) in [6.45, 7) is 17.2. The predicted octanol–water partition coefficient (Wildman–Crippen LogP) is 9.51. The topological polar surface area (TPSA) is 0 Å². The monoisotopic (exact) mass is 410 g/mol. The summed E-state index contributed by atoms with van der Waals surface area (Å²) in [5.41, 5.74) is 5.13. The van der Waals surface area contributed by atoms with Crippen molar-refractivity contribution in [2.45, 2.75) is 125 Å². The fraction of sp³-hybridized carbons (Fsp3) is 0.867. The maximum atomic E-state index is 4.63. The van der Waals surface area contributed by atoms with Gasteiger partial charge < -0.3 is 0 Å². The highest BCUT2D eigenvalue weighted by Gasteiger charge is 2.59. The second kappa shape index (κ2) is 8.44. The molecule has 0 N–H and O–H groups in total. The number of rotatable bonds is 6. The molecule has 0 radical (unpaired) electrons. The fourth-order valence-corrected chi connectivity index (χ4v) is 9.47. The Bertz CT molecular complexity index is 670.